The normalized spacial score (nSPS) is 15.3. The molecule has 2 rings (SSSR count). The summed E-state index contributed by atoms with van der Waals surface area (Å²) in [4.78, 5) is 21.9. The second kappa shape index (κ2) is 8.82. The van der Waals surface area contributed by atoms with Gasteiger partial charge in [-0.2, -0.15) is 13.2 Å². The van der Waals surface area contributed by atoms with Crippen LogP contribution in [0.5, 0.6) is 0 Å². The molecular formula is C16H20F3NO5. The van der Waals surface area contributed by atoms with E-state index in [0.29, 0.717) is 18.2 Å². The van der Waals surface area contributed by atoms with Gasteiger partial charge in [0.1, 0.15) is 0 Å². The second-order valence-electron chi connectivity index (χ2n) is 5.81. The number of carboxylic acids is 2. The standard InChI is InChI=1S/C14H19NO3.C2HF3O2/c1-10(16)8-15(13-6-7-13)9-11-2-4-12(5-3-11)14(17)18;3-2(4,5)1(6)7/h2-5,10,13,16H,6-9H2,1H3,(H,17,18);(H,6,7). The quantitative estimate of drug-likeness (QED) is 0.718. The summed E-state index contributed by atoms with van der Waals surface area (Å²) < 4.78 is 31.7. The van der Waals surface area contributed by atoms with Gasteiger partial charge in [-0.1, -0.05) is 12.1 Å². The minimum absolute atomic E-state index is 0.312. The van der Waals surface area contributed by atoms with Crippen LogP contribution in [0.15, 0.2) is 24.3 Å². The first-order valence-corrected chi connectivity index (χ1v) is 7.55. The monoisotopic (exact) mass is 363 g/mol. The van der Waals surface area contributed by atoms with Crippen molar-refractivity contribution in [1.29, 1.82) is 0 Å². The van der Waals surface area contributed by atoms with Crippen LogP contribution in [0.2, 0.25) is 0 Å². The topological polar surface area (TPSA) is 98.1 Å². The van der Waals surface area contributed by atoms with Crippen LogP contribution in [-0.2, 0) is 11.3 Å². The van der Waals surface area contributed by atoms with Gasteiger partial charge >= 0.3 is 18.1 Å². The number of hydrogen-bond donors (Lipinski definition) is 3. The van der Waals surface area contributed by atoms with Gasteiger partial charge in [-0.05, 0) is 37.5 Å². The molecule has 0 aliphatic heterocycles. The lowest BCUT2D eigenvalue weighted by Gasteiger charge is -2.23. The van der Waals surface area contributed by atoms with Crippen molar-refractivity contribution in [1.82, 2.24) is 4.90 Å². The highest BCUT2D eigenvalue weighted by atomic mass is 19.4. The van der Waals surface area contributed by atoms with Crippen LogP contribution in [0.4, 0.5) is 13.2 Å². The van der Waals surface area contributed by atoms with Crippen molar-refractivity contribution >= 4 is 11.9 Å². The van der Waals surface area contributed by atoms with E-state index < -0.39 is 18.1 Å². The van der Waals surface area contributed by atoms with Crippen molar-refractivity contribution in [3.05, 3.63) is 35.4 Å². The smallest absolute Gasteiger partial charge is 0.478 e. The molecule has 1 fully saturated rings. The van der Waals surface area contributed by atoms with E-state index in [9.17, 15) is 23.1 Å². The number of halogens is 3. The number of aliphatic hydroxyl groups is 1. The number of nitrogens with zero attached hydrogens (tertiary/aromatic N) is 1. The fraction of sp³-hybridized carbons (Fsp3) is 0.500. The van der Waals surface area contributed by atoms with Crippen LogP contribution in [0.3, 0.4) is 0 Å². The van der Waals surface area contributed by atoms with Crippen LogP contribution in [0, 0.1) is 0 Å². The lowest BCUT2D eigenvalue weighted by Crippen LogP contribution is -2.32. The highest BCUT2D eigenvalue weighted by Gasteiger charge is 2.38. The number of aliphatic hydroxyl groups excluding tert-OH is 1. The van der Waals surface area contributed by atoms with E-state index in [0.717, 1.165) is 12.1 Å². The Balaban J connectivity index is 0.000000381. The zero-order valence-corrected chi connectivity index (χ0v) is 13.5. The van der Waals surface area contributed by atoms with Crippen molar-refractivity contribution in [3.8, 4) is 0 Å². The zero-order valence-electron chi connectivity index (χ0n) is 13.5. The van der Waals surface area contributed by atoms with E-state index in [1.165, 1.54) is 12.8 Å². The molecule has 0 aromatic heterocycles. The molecule has 6 nitrogen and oxygen atoms in total. The van der Waals surface area contributed by atoms with Gasteiger partial charge in [-0.3, -0.25) is 4.90 Å². The number of carbonyl (C=O) groups is 2. The average Bonchev–Trinajstić information content (AvgIpc) is 3.31. The van der Waals surface area contributed by atoms with E-state index in [4.69, 9.17) is 15.0 Å². The van der Waals surface area contributed by atoms with E-state index >= 15 is 0 Å². The molecule has 1 aromatic rings. The Morgan fingerprint density at radius 3 is 2.00 bits per heavy atom. The van der Waals surface area contributed by atoms with Gasteiger partial charge in [0.25, 0.3) is 0 Å². The lowest BCUT2D eigenvalue weighted by atomic mass is 10.1. The van der Waals surface area contributed by atoms with Crippen molar-refractivity contribution in [3.63, 3.8) is 0 Å². The molecule has 9 heteroatoms. The number of alkyl halides is 3. The van der Waals surface area contributed by atoms with Crippen LogP contribution < -0.4 is 0 Å². The van der Waals surface area contributed by atoms with Gasteiger partial charge in [0.2, 0.25) is 0 Å². The van der Waals surface area contributed by atoms with E-state index in [2.05, 4.69) is 4.90 Å². The summed E-state index contributed by atoms with van der Waals surface area (Å²) in [7, 11) is 0. The maximum absolute atomic E-state index is 10.8. The predicted molar refractivity (Wildman–Crippen MR) is 82.2 cm³/mol. The molecule has 0 radical (unpaired) electrons. The molecule has 0 spiro atoms. The molecule has 0 amide bonds. The maximum Gasteiger partial charge on any atom is 0.490 e. The third-order valence-corrected chi connectivity index (χ3v) is 3.39. The molecule has 140 valence electrons. The van der Waals surface area contributed by atoms with Crippen LogP contribution in [0.1, 0.15) is 35.7 Å². The lowest BCUT2D eigenvalue weighted by molar-refractivity contribution is -0.192. The Kier molecular flexibility index (Phi) is 7.38. The van der Waals surface area contributed by atoms with E-state index in [1.54, 1.807) is 19.1 Å². The van der Waals surface area contributed by atoms with Crippen LogP contribution >= 0.6 is 0 Å². The highest BCUT2D eigenvalue weighted by Crippen LogP contribution is 2.28. The van der Waals surface area contributed by atoms with Crippen molar-refractivity contribution < 1.29 is 38.1 Å². The molecule has 1 atom stereocenters. The number of aliphatic carboxylic acids is 1. The molecule has 1 aliphatic carbocycles. The van der Waals surface area contributed by atoms with Crippen molar-refractivity contribution in [2.24, 2.45) is 0 Å². The molecule has 1 unspecified atom stereocenters. The first kappa shape index (κ1) is 20.9. The van der Waals surface area contributed by atoms with Gasteiger partial charge < -0.3 is 15.3 Å². The number of carboxylic acid groups (broad SMARTS) is 2. The third-order valence-electron chi connectivity index (χ3n) is 3.39. The Morgan fingerprint density at radius 2 is 1.68 bits per heavy atom. The number of rotatable bonds is 6. The Bertz CT molecular complexity index is 582. The largest absolute Gasteiger partial charge is 0.490 e. The predicted octanol–water partition coefficient (Wildman–Crippen LogP) is 2.36. The van der Waals surface area contributed by atoms with Gasteiger partial charge in [-0.25, -0.2) is 9.59 Å². The summed E-state index contributed by atoms with van der Waals surface area (Å²) in [5, 5.41) is 25.4. The minimum atomic E-state index is -5.08. The maximum atomic E-state index is 10.8. The third kappa shape index (κ3) is 7.99. The summed E-state index contributed by atoms with van der Waals surface area (Å²) in [5.74, 6) is -3.66. The SMILES string of the molecule is CC(O)CN(Cc1ccc(C(=O)O)cc1)C1CC1.O=C(O)C(F)(F)F. The van der Waals surface area contributed by atoms with Crippen LogP contribution in [-0.4, -0.2) is 57.0 Å². The average molecular weight is 363 g/mol. The molecular weight excluding hydrogens is 343 g/mol. The number of benzene rings is 1. The molecule has 1 aromatic carbocycles. The molecule has 0 bridgehead atoms. The summed E-state index contributed by atoms with van der Waals surface area (Å²) >= 11 is 0. The number of hydrogen-bond acceptors (Lipinski definition) is 4. The highest BCUT2D eigenvalue weighted by molar-refractivity contribution is 5.87. The molecule has 0 saturated heterocycles. The van der Waals surface area contributed by atoms with Crippen molar-refractivity contribution in [2.45, 2.75) is 44.6 Å². The fourth-order valence-electron chi connectivity index (χ4n) is 2.11. The molecule has 25 heavy (non-hydrogen) atoms. The first-order valence-electron chi connectivity index (χ1n) is 7.55. The first-order chi connectivity index (χ1) is 11.5. The van der Waals surface area contributed by atoms with Gasteiger partial charge in [0.15, 0.2) is 0 Å². The summed E-state index contributed by atoms with van der Waals surface area (Å²) in [6.07, 6.45) is -3.02. The summed E-state index contributed by atoms with van der Waals surface area (Å²) in [6.45, 7) is 3.24. The molecule has 1 aliphatic rings. The summed E-state index contributed by atoms with van der Waals surface area (Å²) in [5.41, 5.74) is 1.40. The zero-order chi connectivity index (χ0) is 19.2. The second-order valence-corrected chi connectivity index (χ2v) is 5.81. The minimum Gasteiger partial charge on any atom is -0.478 e. The molecule has 1 saturated carbocycles. The Hall–Kier alpha value is -2.13. The van der Waals surface area contributed by atoms with Gasteiger partial charge in [-0.15, -0.1) is 0 Å². The van der Waals surface area contributed by atoms with Crippen LogP contribution in [0.25, 0.3) is 0 Å². The Labute approximate surface area is 142 Å². The van der Waals surface area contributed by atoms with Gasteiger partial charge in [0.05, 0.1) is 11.7 Å². The molecule has 0 heterocycles. The number of aromatic carboxylic acids is 1. The Morgan fingerprint density at radius 1 is 1.20 bits per heavy atom. The fourth-order valence-corrected chi connectivity index (χ4v) is 2.11. The van der Waals surface area contributed by atoms with E-state index in [1.807, 2.05) is 12.1 Å². The molecule has 3 N–H and O–H groups in total. The van der Waals surface area contributed by atoms with Gasteiger partial charge in [0, 0.05) is 19.1 Å². The summed E-state index contributed by atoms with van der Waals surface area (Å²) in [6, 6.07) is 7.54. The van der Waals surface area contributed by atoms with Crippen molar-refractivity contribution in [2.75, 3.05) is 6.54 Å². The van der Waals surface area contributed by atoms with E-state index in [-0.39, 0.29) is 6.10 Å².